The van der Waals surface area contributed by atoms with E-state index in [-0.39, 0.29) is 5.69 Å². The molecule has 0 aliphatic carbocycles. The first kappa shape index (κ1) is 24.0. The number of hydrogen-bond donors (Lipinski definition) is 1. The van der Waals surface area contributed by atoms with E-state index in [1.165, 1.54) is 0 Å². The van der Waals surface area contributed by atoms with Crippen LogP contribution in [0.4, 0.5) is 0 Å². The number of tetrazole rings is 1. The SMILES string of the molecule is CCCc1cn(-c2c(OC)cccc2OC)c(=O)n1Cc1ccc(-c2cccnc2-c2nn[nH]n2)cc1. The van der Waals surface area contributed by atoms with Crippen molar-refractivity contribution in [1.29, 1.82) is 0 Å². The van der Waals surface area contributed by atoms with E-state index >= 15 is 0 Å². The Bertz CT molecular complexity index is 1530. The molecule has 0 amide bonds. The van der Waals surface area contributed by atoms with E-state index in [0.717, 1.165) is 35.2 Å². The van der Waals surface area contributed by atoms with Gasteiger partial charge < -0.3 is 9.47 Å². The van der Waals surface area contributed by atoms with Crippen molar-refractivity contribution < 1.29 is 9.47 Å². The third-order valence-electron chi connectivity index (χ3n) is 6.18. The quantitative estimate of drug-likeness (QED) is 0.329. The second kappa shape index (κ2) is 10.5. The van der Waals surface area contributed by atoms with Gasteiger partial charge in [0.1, 0.15) is 22.9 Å². The summed E-state index contributed by atoms with van der Waals surface area (Å²) >= 11 is 0. The number of methoxy groups -OCH3 is 2. The fourth-order valence-corrected chi connectivity index (χ4v) is 4.43. The lowest BCUT2D eigenvalue weighted by Gasteiger charge is -2.12. The summed E-state index contributed by atoms with van der Waals surface area (Å²) in [5, 5.41) is 14.3. The molecule has 2 aromatic carbocycles. The van der Waals surface area contributed by atoms with Crippen LogP contribution < -0.4 is 15.2 Å². The first-order valence-corrected chi connectivity index (χ1v) is 11.9. The summed E-state index contributed by atoms with van der Waals surface area (Å²) < 4.78 is 14.5. The van der Waals surface area contributed by atoms with Gasteiger partial charge in [-0.25, -0.2) is 4.79 Å². The molecule has 0 radical (unpaired) electrons. The largest absolute Gasteiger partial charge is 0.494 e. The van der Waals surface area contributed by atoms with Gasteiger partial charge in [-0.2, -0.15) is 5.21 Å². The Kier molecular flexibility index (Phi) is 6.80. The fourth-order valence-electron chi connectivity index (χ4n) is 4.43. The molecule has 188 valence electrons. The lowest BCUT2D eigenvalue weighted by atomic mass is 10.0. The Morgan fingerprint density at radius 2 is 1.73 bits per heavy atom. The van der Waals surface area contributed by atoms with Crippen LogP contribution in [0, 0.1) is 0 Å². The molecule has 0 aliphatic heterocycles. The van der Waals surface area contributed by atoms with Crippen LogP contribution >= 0.6 is 0 Å². The van der Waals surface area contributed by atoms with Crippen LogP contribution in [0.15, 0.2) is 71.8 Å². The average molecular weight is 498 g/mol. The van der Waals surface area contributed by atoms with Gasteiger partial charge in [-0.05, 0) is 41.0 Å². The van der Waals surface area contributed by atoms with E-state index < -0.39 is 0 Å². The summed E-state index contributed by atoms with van der Waals surface area (Å²) in [5.41, 5.74) is 4.89. The molecule has 10 nitrogen and oxygen atoms in total. The number of aromatic amines is 1. The highest BCUT2D eigenvalue weighted by Gasteiger charge is 2.19. The average Bonchev–Trinajstić information content (AvgIpc) is 3.58. The van der Waals surface area contributed by atoms with Crippen molar-refractivity contribution in [3.63, 3.8) is 0 Å². The van der Waals surface area contributed by atoms with Crippen LogP contribution in [-0.2, 0) is 13.0 Å². The van der Waals surface area contributed by atoms with Gasteiger partial charge in [0, 0.05) is 23.7 Å². The van der Waals surface area contributed by atoms with Crippen molar-refractivity contribution in [2.45, 2.75) is 26.3 Å². The fraction of sp³-hybridized carbons (Fsp3) is 0.222. The van der Waals surface area contributed by atoms with Crippen LogP contribution in [0.2, 0.25) is 0 Å². The predicted octanol–water partition coefficient (Wildman–Crippen LogP) is 3.90. The molecule has 0 spiro atoms. The van der Waals surface area contributed by atoms with Crippen molar-refractivity contribution in [3.05, 3.63) is 88.7 Å². The van der Waals surface area contributed by atoms with E-state index in [1.54, 1.807) is 29.6 Å². The van der Waals surface area contributed by atoms with Gasteiger partial charge in [0.25, 0.3) is 0 Å². The molecule has 0 unspecified atom stereocenters. The third-order valence-corrected chi connectivity index (χ3v) is 6.18. The number of imidazole rings is 1. The van der Waals surface area contributed by atoms with Gasteiger partial charge >= 0.3 is 5.69 Å². The first-order chi connectivity index (χ1) is 18.1. The summed E-state index contributed by atoms with van der Waals surface area (Å²) in [4.78, 5) is 18.1. The lowest BCUT2D eigenvalue weighted by Crippen LogP contribution is -2.25. The number of hydrogen-bond acceptors (Lipinski definition) is 7. The Morgan fingerprint density at radius 1 is 0.973 bits per heavy atom. The maximum atomic E-state index is 13.7. The molecule has 3 aromatic heterocycles. The van der Waals surface area contributed by atoms with Crippen LogP contribution in [0.5, 0.6) is 11.5 Å². The van der Waals surface area contributed by atoms with Crippen molar-refractivity contribution in [2.75, 3.05) is 14.2 Å². The van der Waals surface area contributed by atoms with Crippen molar-refractivity contribution >= 4 is 0 Å². The standard InChI is InChI=1S/C27H27N7O3/c1-4-7-20-17-34(25-22(36-2)9-5-10-23(25)37-3)27(35)33(20)16-18-11-13-19(14-12-18)21-8-6-15-28-24(21)26-29-31-32-30-26/h5-6,8-15,17H,4,7,16H2,1-3H3,(H,29,30,31,32). The molecule has 37 heavy (non-hydrogen) atoms. The van der Waals surface area contributed by atoms with E-state index in [9.17, 15) is 4.79 Å². The zero-order chi connectivity index (χ0) is 25.8. The van der Waals surface area contributed by atoms with Crippen LogP contribution in [0.1, 0.15) is 24.6 Å². The summed E-state index contributed by atoms with van der Waals surface area (Å²) in [6.45, 7) is 2.53. The molecule has 5 aromatic rings. The second-order valence-electron chi connectivity index (χ2n) is 8.45. The minimum absolute atomic E-state index is 0.151. The summed E-state index contributed by atoms with van der Waals surface area (Å²) in [6.07, 6.45) is 5.26. The number of aryl methyl sites for hydroxylation is 1. The highest BCUT2D eigenvalue weighted by atomic mass is 16.5. The van der Waals surface area contributed by atoms with Gasteiger partial charge in [-0.15, -0.1) is 10.2 Å². The minimum Gasteiger partial charge on any atom is -0.494 e. The minimum atomic E-state index is -0.151. The van der Waals surface area contributed by atoms with Gasteiger partial charge in [-0.3, -0.25) is 14.1 Å². The van der Waals surface area contributed by atoms with Gasteiger partial charge in [0.2, 0.25) is 5.82 Å². The van der Waals surface area contributed by atoms with Gasteiger partial charge in [-0.1, -0.05) is 49.7 Å². The molecule has 1 N–H and O–H groups in total. The van der Waals surface area contributed by atoms with Crippen LogP contribution in [0.25, 0.3) is 28.3 Å². The Hall–Kier alpha value is -4.73. The molecule has 0 aliphatic rings. The molecule has 0 atom stereocenters. The summed E-state index contributed by atoms with van der Waals surface area (Å²) in [7, 11) is 3.17. The van der Waals surface area contributed by atoms with E-state index in [0.29, 0.717) is 35.2 Å². The van der Waals surface area contributed by atoms with Crippen molar-refractivity contribution in [2.24, 2.45) is 0 Å². The molecule has 10 heteroatoms. The van der Waals surface area contributed by atoms with Crippen molar-refractivity contribution in [1.82, 2.24) is 34.7 Å². The maximum absolute atomic E-state index is 13.7. The molecular formula is C27H27N7O3. The highest BCUT2D eigenvalue weighted by molar-refractivity contribution is 5.77. The zero-order valence-electron chi connectivity index (χ0n) is 20.9. The molecule has 0 fully saturated rings. The van der Waals surface area contributed by atoms with Gasteiger partial charge in [0.05, 0.1) is 20.8 Å². The third kappa shape index (κ3) is 4.61. The number of ether oxygens (including phenoxy) is 2. The number of para-hydroxylation sites is 1. The molecule has 3 heterocycles. The normalized spacial score (nSPS) is 11.0. The predicted molar refractivity (Wildman–Crippen MR) is 139 cm³/mol. The Labute approximate surface area is 213 Å². The van der Waals surface area contributed by atoms with Crippen LogP contribution in [-0.4, -0.2) is 49.0 Å². The number of pyridine rings is 1. The number of H-pyrrole nitrogens is 1. The number of nitrogens with zero attached hydrogens (tertiary/aromatic N) is 6. The summed E-state index contributed by atoms with van der Waals surface area (Å²) in [5.74, 6) is 1.57. The van der Waals surface area contributed by atoms with Crippen LogP contribution in [0.3, 0.4) is 0 Å². The summed E-state index contributed by atoms with van der Waals surface area (Å²) in [6, 6.07) is 17.4. The molecule has 0 saturated heterocycles. The number of aromatic nitrogens is 7. The smallest absolute Gasteiger partial charge is 0.333 e. The van der Waals surface area contributed by atoms with Gasteiger partial charge in [0.15, 0.2) is 0 Å². The lowest BCUT2D eigenvalue weighted by molar-refractivity contribution is 0.390. The molecule has 0 bridgehead atoms. The van der Waals surface area contributed by atoms with E-state index in [1.807, 2.05) is 60.8 Å². The van der Waals surface area contributed by atoms with Crippen molar-refractivity contribution in [3.8, 4) is 39.8 Å². The number of benzene rings is 2. The molecule has 5 rings (SSSR count). The second-order valence-corrected chi connectivity index (χ2v) is 8.45. The number of nitrogens with one attached hydrogen (secondary N) is 1. The first-order valence-electron chi connectivity index (χ1n) is 11.9. The Morgan fingerprint density at radius 3 is 2.38 bits per heavy atom. The van der Waals surface area contributed by atoms with E-state index in [4.69, 9.17) is 9.47 Å². The highest BCUT2D eigenvalue weighted by Crippen LogP contribution is 2.32. The Balaban J connectivity index is 1.51. The molecular weight excluding hydrogens is 470 g/mol. The number of rotatable bonds is 9. The maximum Gasteiger partial charge on any atom is 0.333 e. The monoisotopic (exact) mass is 497 g/mol. The van der Waals surface area contributed by atoms with E-state index in [2.05, 4.69) is 32.5 Å². The zero-order valence-corrected chi connectivity index (χ0v) is 20.9. The topological polar surface area (TPSA) is 113 Å². The molecule has 0 saturated carbocycles.